The minimum Gasteiger partial charge on any atom is -0.458 e. The Bertz CT molecular complexity index is 896. The van der Waals surface area contributed by atoms with Crippen LogP contribution in [0.15, 0.2) is 11.1 Å². The molecule has 5 fully saturated rings. The molecule has 4 heterocycles. The number of hydrogen-bond acceptors (Lipinski definition) is 6. The van der Waals surface area contributed by atoms with Gasteiger partial charge in [0.05, 0.1) is 12.2 Å². The van der Waals surface area contributed by atoms with E-state index in [0.717, 1.165) is 31.3 Å². The van der Waals surface area contributed by atoms with Crippen molar-refractivity contribution in [2.24, 2.45) is 17.3 Å². The van der Waals surface area contributed by atoms with Crippen molar-refractivity contribution in [1.29, 1.82) is 0 Å². The lowest BCUT2D eigenvalue weighted by Crippen LogP contribution is -2.70. The SMILES string of the molecule is CCC(C)OC1C2(C(C)C)OC2C2OC23C2(C)CCC4=C(COC4=O)C2CC2OC213. The molecule has 0 N–H and O–H groups in total. The van der Waals surface area contributed by atoms with Crippen molar-refractivity contribution in [3.05, 3.63) is 11.1 Å². The van der Waals surface area contributed by atoms with Crippen LogP contribution in [0.2, 0.25) is 0 Å². The second kappa shape index (κ2) is 5.16. The van der Waals surface area contributed by atoms with Gasteiger partial charge in [0.15, 0.2) is 5.60 Å². The standard InChI is InChI=1S/C24H32O6/c1-6-12(4)27-20-22(11(2)3)17(29-22)18-24(30-18)21(5)8-7-13-14(10-26-19(13)25)15(21)9-16-23(20,24)28-16/h11-12,15-18,20H,6-10H2,1-5H3. The first-order valence-corrected chi connectivity index (χ1v) is 11.9. The van der Waals surface area contributed by atoms with Gasteiger partial charge in [-0.15, -0.1) is 0 Å². The number of epoxide rings is 3. The van der Waals surface area contributed by atoms with Gasteiger partial charge in [-0.05, 0) is 50.0 Å². The molecule has 10 atom stereocenters. The molecule has 0 aromatic heterocycles. The number of carbonyl (C=O) groups excluding carboxylic acids is 1. The van der Waals surface area contributed by atoms with E-state index in [-0.39, 0.29) is 59.0 Å². The summed E-state index contributed by atoms with van der Waals surface area (Å²) < 4.78 is 32.2. The molecule has 6 heteroatoms. The largest absolute Gasteiger partial charge is 0.458 e. The summed E-state index contributed by atoms with van der Waals surface area (Å²) in [5, 5.41) is 0. The predicted molar refractivity (Wildman–Crippen MR) is 106 cm³/mol. The van der Waals surface area contributed by atoms with Crippen molar-refractivity contribution in [3.63, 3.8) is 0 Å². The number of hydrogen-bond donors (Lipinski definition) is 0. The summed E-state index contributed by atoms with van der Waals surface area (Å²) in [5.74, 6) is 0.496. The number of carbonyl (C=O) groups is 1. The summed E-state index contributed by atoms with van der Waals surface area (Å²) in [4.78, 5) is 12.3. The second-order valence-electron chi connectivity index (χ2n) is 11.2. The van der Waals surface area contributed by atoms with Gasteiger partial charge in [0.2, 0.25) is 0 Å². The fraction of sp³-hybridized carbons (Fsp3) is 0.875. The maximum absolute atomic E-state index is 12.3. The van der Waals surface area contributed by atoms with E-state index < -0.39 is 5.60 Å². The van der Waals surface area contributed by atoms with Crippen molar-refractivity contribution in [1.82, 2.24) is 0 Å². The molecule has 0 aromatic carbocycles. The first-order valence-electron chi connectivity index (χ1n) is 11.9. The smallest absolute Gasteiger partial charge is 0.334 e. The Balaban J connectivity index is 1.36. The fourth-order valence-electron chi connectivity index (χ4n) is 8.20. The highest BCUT2D eigenvalue weighted by atomic mass is 16.8. The zero-order chi connectivity index (χ0) is 20.8. The topological polar surface area (TPSA) is 73.1 Å². The maximum atomic E-state index is 12.3. The Labute approximate surface area is 177 Å². The summed E-state index contributed by atoms with van der Waals surface area (Å²) >= 11 is 0. The molecule has 7 rings (SSSR count). The van der Waals surface area contributed by atoms with E-state index in [9.17, 15) is 4.79 Å². The van der Waals surface area contributed by atoms with Gasteiger partial charge in [0.1, 0.15) is 36.1 Å². The molecule has 7 aliphatic rings. The van der Waals surface area contributed by atoms with Gasteiger partial charge in [-0.3, -0.25) is 0 Å². The first-order chi connectivity index (χ1) is 14.3. The third-order valence-electron chi connectivity index (χ3n) is 10.0. The van der Waals surface area contributed by atoms with Crippen LogP contribution in [-0.2, 0) is 28.5 Å². The molecule has 30 heavy (non-hydrogen) atoms. The molecular weight excluding hydrogens is 384 g/mol. The number of fused-ring (bicyclic) bond motifs is 4. The van der Waals surface area contributed by atoms with Gasteiger partial charge in [-0.2, -0.15) is 0 Å². The molecule has 10 unspecified atom stereocenters. The number of cyclic esters (lactones) is 1. The van der Waals surface area contributed by atoms with Gasteiger partial charge in [-0.25, -0.2) is 4.79 Å². The van der Waals surface area contributed by atoms with E-state index in [4.69, 9.17) is 23.7 Å². The number of esters is 1. The molecule has 0 amide bonds. The van der Waals surface area contributed by atoms with Crippen molar-refractivity contribution < 1.29 is 28.5 Å². The Kier molecular flexibility index (Phi) is 3.20. The van der Waals surface area contributed by atoms with Crippen LogP contribution < -0.4 is 0 Å². The zero-order valence-electron chi connectivity index (χ0n) is 18.5. The highest BCUT2D eigenvalue weighted by Crippen LogP contribution is 2.83. The van der Waals surface area contributed by atoms with Crippen LogP contribution in [0.5, 0.6) is 0 Å². The van der Waals surface area contributed by atoms with Crippen LogP contribution in [0, 0.1) is 17.3 Å². The molecule has 0 aromatic rings. The summed E-state index contributed by atoms with van der Waals surface area (Å²) in [6.07, 6.45) is 3.86. The molecule has 164 valence electrons. The maximum Gasteiger partial charge on any atom is 0.334 e. The highest BCUT2D eigenvalue weighted by Gasteiger charge is 3.00. The third-order valence-corrected chi connectivity index (χ3v) is 10.0. The molecule has 0 bridgehead atoms. The molecule has 2 saturated carbocycles. The van der Waals surface area contributed by atoms with Gasteiger partial charge in [-0.1, -0.05) is 27.7 Å². The summed E-state index contributed by atoms with van der Waals surface area (Å²) in [5.41, 5.74) is 0.918. The first kappa shape index (κ1) is 18.6. The quantitative estimate of drug-likeness (QED) is 0.518. The zero-order valence-corrected chi connectivity index (χ0v) is 18.5. The molecule has 4 aliphatic heterocycles. The van der Waals surface area contributed by atoms with Gasteiger partial charge in [0, 0.05) is 11.0 Å². The second-order valence-corrected chi connectivity index (χ2v) is 11.2. The number of rotatable bonds is 4. The van der Waals surface area contributed by atoms with Crippen molar-refractivity contribution >= 4 is 5.97 Å². The summed E-state index contributed by atoms with van der Waals surface area (Å²) in [6, 6.07) is 0. The third kappa shape index (κ3) is 1.66. The van der Waals surface area contributed by atoms with E-state index in [1.165, 1.54) is 5.57 Å². The molecule has 6 nitrogen and oxygen atoms in total. The number of ether oxygens (including phenoxy) is 5. The Hall–Kier alpha value is -0.950. The average molecular weight is 417 g/mol. The van der Waals surface area contributed by atoms with Crippen LogP contribution in [0.25, 0.3) is 0 Å². The molecular formula is C24H32O6. The van der Waals surface area contributed by atoms with E-state index in [2.05, 4.69) is 34.6 Å². The monoisotopic (exact) mass is 416 g/mol. The lowest BCUT2D eigenvalue weighted by molar-refractivity contribution is -0.145. The molecule has 3 aliphatic carbocycles. The lowest BCUT2D eigenvalue weighted by atomic mass is 9.46. The van der Waals surface area contributed by atoms with Crippen LogP contribution in [0.1, 0.15) is 60.3 Å². The Morgan fingerprint density at radius 3 is 2.70 bits per heavy atom. The highest BCUT2D eigenvalue weighted by molar-refractivity contribution is 5.92. The normalized spacial score (nSPS) is 57.4. The van der Waals surface area contributed by atoms with E-state index in [1.54, 1.807) is 0 Å². The lowest BCUT2D eigenvalue weighted by Gasteiger charge is -2.54. The van der Waals surface area contributed by atoms with Gasteiger partial charge < -0.3 is 23.7 Å². The fourth-order valence-corrected chi connectivity index (χ4v) is 8.20. The van der Waals surface area contributed by atoms with Crippen LogP contribution in [0.4, 0.5) is 0 Å². The van der Waals surface area contributed by atoms with Gasteiger partial charge >= 0.3 is 5.97 Å². The van der Waals surface area contributed by atoms with E-state index in [1.807, 2.05) is 0 Å². The molecule has 0 radical (unpaired) electrons. The van der Waals surface area contributed by atoms with Gasteiger partial charge in [0.25, 0.3) is 0 Å². The average Bonchev–Trinajstić information content (AvgIpc) is 3.61. The van der Waals surface area contributed by atoms with Crippen LogP contribution in [0.3, 0.4) is 0 Å². The summed E-state index contributed by atoms with van der Waals surface area (Å²) in [6.45, 7) is 11.6. The minimum absolute atomic E-state index is 0.0645. The minimum atomic E-state index is -0.425. The Morgan fingerprint density at radius 2 is 1.97 bits per heavy atom. The van der Waals surface area contributed by atoms with Crippen LogP contribution in [-0.4, -0.2) is 59.9 Å². The van der Waals surface area contributed by atoms with E-state index >= 15 is 0 Å². The van der Waals surface area contributed by atoms with E-state index in [0.29, 0.717) is 12.5 Å². The molecule has 3 saturated heterocycles. The Morgan fingerprint density at radius 1 is 1.17 bits per heavy atom. The van der Waals surface area contributed by atoms with Crippen molar-refractivity contribution in [3.8, 4) is 0 Å². The van der Waals surface area contributed by atoms with Crippen LogP contribution >= 0.6 is 0 Å². The molecule has 2 spiro atoms. The van der Waals surface area contributed by atoms with Crippen molar-refractivity contribution in [2.75, 3.05) is 6.61 Å². The predicted octanol–water partition coefficient (Wildman–Crippen LogP) is 2.93. The van der Waals surface area contributed by atoms with Crippen molar-refractivity contribution in [2.45, 2.75) is 108 Å². The summed E-state index contributed by atoms with van der Waals surface area (Å²) in [7, 11) is 0.